The predicted molar refractivity (Wildman–Crippen MR) is 182 cm³/mol. The van der Waals surface area contributed by atoms with Gasteiger partial charge in [0.25, 0.3) is 0 Å². The van der Waals surface area contributed by atoms with Crippen LogP contribution in [0.15, 0.2) is 89.0 Å². The topological polar surface area (TPSA) is 3.24 Å². The van der Waals surface area contributed by atoms with E-state index in [2.05, 4.69) is 133 Å². The fraction of sp³-hybridized carbons (Fsp3) is 0.421. The number of nitrogens with zero attached hydrogens (tertiary/aromatic N) is 1. The van der Waals surface area contributed by atoms with Gasteiger partial charge in [-0.25, -0.2) is 0 Å². The lowest BCUT2D eigenvalue weighted by Crippen LogP contribution is -2.14. The number of fused-ring (bicyclic) bond motifs is 1. The number of hydrogen-bond donors (Lipinski definition) is 0. The molecule has 1 nitrogen and oxygen atoms in total. The molecule has 0 heterocycles. The second-order valence-electron chi connectivity index (χ2n) is 13.6. The van der Waals surface area contributed by atoms with E-state index in [4.69, 9.17) is 23.2 Å². The molecule has 0 N–H and O–H groups in total. The van der Waals surface area contributed by atoms with Crippen molar-refractivity contribution in [3.8, 4) is 0 Å². The fourth-order valence-electron chi connectivity index (χ4n) is 5.56. The zero-order valence-corrected chi connectivity index (χ0v) is 27.8. The Labute approximate surface area is 259 Å². The van der Waals surface area contributed by atoms with Crippen molar-refractivity contribution in [2.75, 3.05) is 4.90 Å². The van der Waals surface area contributed by atoms with Crippen molar-refractivity contribution in [3.63, 3.8) is 0 Å². The van der Waals surface area contributed by atoms with E-state index in [0.29, 0.717) is 0 Å². The van der Waals surface area contributed by atoms with Crippen molar-refractivity contribution in [1.29, 1.82) is 0 Å². The summed E-state index contributed by atoms with van der Waals surface area (Å²) in [5, 5.41) is 0.680. The van der Waals surface area contributed by atoms with Crippen LogP contribution in [-0.2, 0) is 23.7 Å². The minimum atomic E-state index is -0.0881. The largest absolute Gasteiger partial charge is 0.310 e. The third kappa shape index (κ3) is 7.49. The molecule has 3 heteroatoms. The van der Waals surface area contributed by atoms with Crippen LogP contribution < -0.4 is 4.90 Å². The Balaban J connectivity index is 0.00000124. The molecule has 0 aromatic heterocycles. The first kappa shape index (κ1) is 31.5. The average Bonchev–Trinajstić information content (AvgIpc) is 3.08. The van der Waals surface area contributed by atoms with Crippen LogP contribution >= 0.6 is 23.2 Å². The molecule has 0 bridgehead atoms. The first-order valence-corrected chi connectivity index (χ1v) is 16.0. The second kappa shape index (κ2) is 12.8. The van der Waals surface area contributed by atoms with Crippen molar-refractivity contribution < 1.29 is 0 Å². The smallest absolute Gasteiger partial charge is 0.0729 e. The Morgan fingerprint density at radius 2 is 1.20 bits per heavy atom. The summed E-state index contributed by atoms with van der Waals surface area (Å²) in [6.45, 7) is 17.8. The van der Waals surface area contributed by atoms with Gasteiger partial charge in [-0.3, -0.25) is 0 Å². The van der Waals surface area contributed by atoms with Gasteiger partial charge in [-0.1, -0.05) is 109 Å². The lowest BCUT2D eigenvalue weighted by Gasteiger charge is -2.28. The zero-order chi connectivity index (χ0) is 29.9. The van der Waals surface area contributed by atoms with Crippen molar-refractivity contribution in [3.05, 3.63) is 111 Å². The van der Waals surface area contributed by atoms with E-state index in [0.717, 1.165) is 30.7 Å². The maximum atomic E-state index is 6.49. The Kier molecular flexibility index (Phi) is 9.82. The molecule has 0 fully saturated rings. The van der Waals surface area contributed by atoms with Crippen molar-refractivity contribution in [2.24, 2.45) is 0 Å². The van der Waals surface area contributed by atoms with Crippen LogP contribution in [0.3, 0.4) is 0 Å². The van der Waals surface area contributed by atoms with Gasteiger partial charge in [0.15, 0.2) is 0 Å². The maximum absolute atomic E-state index is 6.49. The Morgan fingerprint density at radius 1 is 0.707 bits per heavy atom. The van der Waals surface area contributed by atoms with Gasteiger partial charge in [-0.2, -0.15) is 0 Å². The minimum Gasteiger partial charge on any atom is -0.310 e. The van der Waals surface area contributed by atoms with Crippen LogP contribution in [0.5, 0.6) is 0 Å². The highest BCUT2D eigenvalue weighted by molar-refractivity contribution is 6.37. The monoisotopic (exact) mass is 587 g/mol. The van der Waals surface area contributed by atoms with Crippen molar-refractivity contribution >= 4 is 40.3 Å². The summed E-state index contributed by atoms with van der Waals surface area (Å²) < 4.78 is 0. The number of alkyl halides is 1. The van der Waals surface area contributed by atoms with Gasteiger partial charge < -0.3 is 4.90 Å². The van der Waals surface area contributed by atoms with Crippen LogP contribution in [0.1, 0.15) is 96.9 Å². The van der Waals surface area contributed by atoms with Crippen molar-refractivity contribution in [1.82, 2.24) is 0 Å². The van der Waals surface area contributed by atoms with Crippen LogP contribution in [0.4, 0.5) is 17.1 Å². The van der Waals surface area contributed by atoms with Crippen LogP contribution in [0.2, 0.25) is 0 Å². The molecule has 1 atom stereocenters. The van der Waals surface area contributed by atoms with Crippen LogP contribution in [0.25, 0.3) is 0 Å². The molecular weight excluding hydrogens is 541 g/mol. The molecule has 0 amide bonds. The summed E-state index contributed by atoms with van der Waals surface area (Å²) in [7, 11) is 0. The van der Waals surface area contributed by atoms with E-state index in [1.165, 1.54) is 56.9 Å². The summed E-state index contributed by atoms with van der Waals surface area (Å²) in [6.07, 6.45) is 7.23. The van der Waals surface area contributed by atoms with Crippen LogP contribution in [0, 0.1) is 0 Å². The molecule has 1 unspecified atom stereocenters. The van der Waals surface area contributed by atoms with E-state index in [-0.39, 0.29) is 16.2 Å². The van der Waals surface area contributed by atoms with E-state index < -0.39 is 0 Å². The Bertz CT molecular complexity index is 1340. The average molecular weight is 589 g/mol. The molecule has 3 aromatic rings. The SMILES string of the molecule is CC(C)(C)c1ccc(N(c2ccc(C(C)(C)C)cc2)c2ccc3c(c2)CC2=C(CC3)CC(Cl)C(Cl)=C2)cc1.CCC. The van der Waals surface area contributed by atoms with E-state index in [9.17, 15) is 0 Å². The van der Waals surface area contributed by atoms with Crippen LogP contribution in [-0.4, -0.2) is 5.38 Å². The van der Waals surface area contributed by atoms with E-state index in [1.54, 1.807) is 0 Å². The number of halogens is 2. The summed E-state index contributed by atoms with van der Waals surface area (Å²) >= 11 is 13.0. The highest BCUT2D eigenvalue weighted by Gasteiger charge is 2.25. The summed E-state index contributed by atoms with van der Waals surface area (Å²) in [5.41, 5.74) is 12.0. The first-order chi connectivity index (χ1) is 19.3. The molecule has 3 aromatic carbocycles. The summed E-state index contributed by atoms with van der Waals surface area (Å²) in [6, 6.07) is 25.1. The molecule has 2 aliphatic rings. The molecule has 5 rings (SSSR count). The highest BCUT2D eigenvalue weighted by atomic mass is 35.5. The molecule has 218 valence electrons. The number of aryl methyl sites for hydroxylation is 1. The van der Waals surface area contributed by atoms with E-state index >= 15 is 0 Å². The summed E-state index contributed by atoms with van der Waals surface area (Å²) in [4.78, 5) is 2.39. The maximum Gasteiger partial charge on any atom is 0.0729 e. The van der Waals surface area contributed by atoms with E-state index in [1.807, 2.05) is 0 Å². The molecule has 0 radical (unpaired) electrons. The first-order valence-electron chi connectivity index (χ1n) is 15.2. The molecule has 0 saturated carbocycles. The van der Waals surface area contributed by atoms with Gasteiger partial charge in [0.2, 0.25) is 0 Å². The quantitative estimate of drug-likeness (QED) is 0.275. The molecule has 0 spiro atoms. The van der Waals surface area contributed by atoms with Gasteiger partial charge in [0.1, 0.15) is 0 Å². The number of hydrogen-bond acceptors (Lipinski definition) is 1. The van der Waals surface area contributed by atoms with Gasteiger partial charge in [0, 0.05) is 22.1 Å². The lowest BCUT2D eigenvalue weighted by atomic mass is 9.86. The van der Waals surface area contributed by atoms with Crippen molar-refractivity contribution in [2.45, 2.75) is 104 Å². The normalized spacial score (nSPS) is 17.0. The number of benzene rings is 3. The number of rotatable bonds is 3. The highest BCUT2D eigenvalue weighted by Crippen LogP contribution is 2.41. The lowest BCUT2D eigenvalue weighted by molar-refractivity contribution is 0.590. The summed E-state index contributed by atoms with van der Waals surface area (Å²) in [5.74, 6) is 0. The number of anilines is 3. The molecule has 0 saturated heterocycles. The second-order valence-corrected chi connectivity index (χ2v) is 14.6. The molecule has 41 heavy (non-hydrogen) atoms. The van der Waals surface area contributed by atoms with Gasteiger partial charge in [0.05, 0.1) is 5.38 Å². The third-order valence-electron chi connectivity index (χ3n) is 8.00. The molecular formula is C38H47Cl2N. The zero-order valence-electron chi connectivity index (χ0n) is 26.2. The Hall–Kier alpha value is -2.48. The Morgan fingerprint density at radius 3 is 1.68 bits per heavy atom. The molecule has 2 aliphatic carbocycles. The standard InChI is InChI=1S/C35H39Cl2N.C3H8/c1-34(2,3)27-10-15-29(16-11-27)38(30-17-12-28(13-18-30)35(4,5)6)31-14-9-23-7-8-24-21-32(36)33(37)22-26(24)19-25(23)20-31;1-3-2/h9-18,20,22,32H,7-8,19,21H2,1-6H3;3H2,1-2H3. The fourth-order valence-corrected chi connectivity index (χ4v) is 6.02. The molecule has 0 aliphatic heterocycles. The van der Waals surface area contributed by atoms with Gasteiger partial charge in [-0.05, 0) is 107 Å². The predicted octanol–water partition coefficient (Wildman–Crippen LogP) is 12.1. The third-order valence-corrected chi connectivity index (χ3v) is 8.87. The number of allylic oxidation sites excluding steroid dienone is 4. The minimum absolute atomic E-state index is 0.0881. The van der Waals surface area contributed by atoms with Gasteiger partial charge in [-0.15, -0.1) is 11.6 Å². The van der Waals surface area contributed by atoms with Gasteiger partial charge >= 0.3 is 0 Å².